The lowest BCUT2D eigenvalue weighted by Crippen LogP contribution is -2.18. The molecule has 0 radical (unpaired) electrons. The molecule has 130 valence electrons. The van der Waals surface area contributed by atoms with E-state index in [1.807, 2.05) is 30.6 Å². The van der Waals surface area contributed by atoms with Crippen LogP contribution in [0.3, 0.4) is 0 Å². The second kappa shape index (κ2) is 9.28. The van der Waals surface area contributed by atoms with Gasteiger partial charge in [-0.1, -0.05) is 19.9 Å². The van der Waals surface area contributed by atoms with Crippen LogP contribution < -0.4 is 14.8 Å². The Bertz CT molecular complexity index is 614. The summed E-state index contributed by atoms with van der Waals surface area (Å²) in [6.07, 6.45) is 4.66. The van der Waals surface area contributed by atoms with Crippen LogP contribution in [0.2, 0.25) is 0 Å². The van der Waals surface area contributed by atoms with Gasteiger partial charge in [0.15, 0.2) is 11.5 Å². The van der Waals surface area contributed by atoms with Crippen molar-refractivity contribution in [3.63, 3.8) is 0 Å². The fraction of sp³-hybridized carbons (Fsp3) is 0.450. The molecule has 0 aliphatic carbocycles. The quantitative estimate of drug-likeness (QED) is 0.742. The molecular formula is C20H28N2O2. The number of rotatable bonds is 9. The average Bonchev–Trinajstić information content (AvgIpc) is 2.60. The highest BCUT2D eigenvalue weighted by atomic mass is 16.5. The first-order chi connectivity index (χ1) is 11.6. The topological polar surface area (TPSA) is 43.4 Å². The van der Waals surface area contributed by atoms with E-state index in [9.17, 15) is 0 Å². The Hall–Kier alpha value is -2.07. The highest BCUT2D eigenvalue weighted by molar-refractivity contribution is 5.43. The molecule has 1 heterocycles. The minimum absolute atomic E-state index is 0.219. The minimum Gasteiger partial charge on any atom is -0.493 e. The Morgan fingerprint density at radius 2 is 1.79 bits per heavy atom. The summed E-state index contributed by atoms with van der Waals surface area (Å²) in [5.74, 6) is 2.23. The van der Waals surface area contributed by atoms with Crippen LogP contribution in [-0.2, 0) is 6.54 Å². The van der Waals surface area contributed by atoms with E-state index in [1.165, 1.54) is 11.1 Å². The molecule has 4 heteroatoms. The van der Waals surface area contributed by atoms with Gasteiger partial charge in [0.2, 0.25) is 0 Å². The van der Waals surface area contributed by atoms with E-state index < -0.39 is 0 Å². The Labute approximate surface area is 145 Å². The number of benzene rings is 1. The number of nitrogens with zero attached hydrogens (tertiary/aromatic N) is 1. The van der Waals surface area contributed by atoms with Crippen molar-refractivity contribution >= 4 is 0 Å². The molecule has 0 saturated carbocycles. The SMILES string of the molecule is COc1cc(C(C)NCc2ccncc2)ccc1OCCC(C)C. The van der Waals surface area contributed by atoms with Gasteiger partial charge in [-0.05, 0) is 54.7 Å². The van der Waals surface area contributed by atoms with Crippen LogP contribution in [0.1, 0.15) is 44.4 Å². The van der Waals surface area contributed by atoms with E-state index in [0.29, 0.717) is 12.5 Å². The number of nitrogens with one attached hydrogen (secondary N) is 1. The van der Waals surface area contributed by atoms with Crippen molar-refractivity contribution in [2.24, 2.45) is 5.92 Å². The predicted molar refractivity (Wildman–Crippen MR) is 97.4 cm³/mol. The van der Waals surface area contributed by atoms with E-state index in [-0.39, 0.29) is 6.04 Å². The standard InChI is InChI=1S/C20H28N2O2/c1-15(2)9-12-24-19-6-5-18(13-20(19)23-4)16(3)22-14-17-7-10-21-11-8-17/h5-8,10-11,13,15-16,22H,9,12,14H2,1-4H3. The zero-order valence-electron chi connectivity index (χ0n) is 15.1. The van der Waals surface area contributed by atoms with Crippen LogP contribution in [0.15, 0.2) is 42.7 Å². The molecule has 4 nitrogen and oxygen atoms in total. The van der Waals surface area contributed by atoms with Crippen molar-refractivity contribution < 1.29 is 9.47 Å². The van der Waals surface area contributed by atoms with E-state index in [0.717, 1.165) is 24.5 Å². The van der Waals surface area contributed by atoms with Crippen LogP contribution in [0.5, 0.6) is 11.5 Å². The Morgan fingerprint density at radius 1 is 1.04 bits per heavy atom. The van der Waals surface area contributed by atoms with Gasteiger partial charge in [-0.15, -0.1) is 0 Å². The smallest absolute Gasteiger partial charge is 0.161 e. The summed E-state index contributed by atoms with van der Waals surface area (Å²) >= 11 is 0. The largest absolute Gasteiger partial charge is 0.493 e. The van der Waals surface area contributed by atoms with E-state index in [2.05, 4.69) is 43.2 Å². The molecule has 0 spiro atoms. The van der Waals surface area contributed by atoms with Gasteiger partial charge in [-0.3, -0.25) is 4.98 Å². The molecule has 0 aliphatic rings. The molecular weight excluding hydrogens is 300 g/mol. The van der Waals surface area contributed by atoms with Crippen molar-refractivity contribution in [2.45, 2.75) is 39.8 Å². The molecule has 1 unspecified atom stereocenters. The van der Waals surface area contributed by atoms with Crippen molar-refractivity contribution in [3.8, 4) is 11.5 Å². The van der Waals surface area contributed by atoms with Crippen LogP contribution in [0, 0.1) is 5.92 Å². The molecule has 1 aromatic heterocycles. The molecule has 1 atom stereocenters. The molecule has 1 N–H and O–H groups in total. The summed E-state index contributed by atoms with van der Waals surface area (Å²) in [4.78, 5) is 4.04. The lowest BCUT2D eigenvalue weighted by Gasteiger charge is -2.17. The second-order valence-electron chi connectivity index (χ2n) is 6.40. The van der Waals surface area contributed by atoms with Crippen molar-refractivity contribution in [3.05, 3.63) is 53.9 Å². The summed E-state index contributed by atoms with van der Waals surface area (Å²) in [5, 5.41) is 3.52. The predicted octanol–water partition coefficient (Wildman–Crippen LogP) is 4.37. The number of aromatic nitrogens is 1. The Kier molecular flexibility index (Phi) is 7.07. The van der Waals surface area contributed by atoms with Crippen molar-refractivity contribution in [1.29, 1.82) is 0 Å². The molecule has 2 rings (SSSR count). The summed E-state index contributed by atoms with van der Waals surface area (Å²) in [5.41, 5.74) is 2.40. The van der Waals surface area contributed by atoms with Gasteiger partial charge < -0.3 is 14.8 Å². The molecule has 0 amide bonds. The zero-order valence-corrected chi connectivity index (χ0v) is 15.1. The van der Waals surface area contributed by atoms with Crippen molar-refractivity contribution in [1.82, 2.24) is 10.3 Å². The number of hydrogen-bond acceptors (Lipinski definition) is 4. The average molecular weight is 328 g/mol. The number of methoxy groups -OCH3 is 1. The van der Waals surface area contributed by atoms with Crippen LogP contribution in [0.25, 0.3) is 0 Å². The van der Waals surface area contributed by atoms with E-state index >= 15 is 0 Å². The third-order valence-electron chi connectivity index (χ3n) is 4.00. The monoisotopic (exact) mass is 328 g/mol. The van der Waals surface area contributed by atoms with E-state index in [4.69, 9.17) is 9.47 Å². The highest BCUT2D eigenvalue weighted by Crippen LogP contribution is 2.30. The fourth-order valence-corrected chi connectivity index (χ4v) is 2.37. The molecule has 1 aromatic carbocycles. The van der Waals surface area contributed by atoms with Crippen LogP contribution in [0.4, 0.5) is 0 Å². The summed E-state index contributed by atoms with van der Waals surface area (Å²) in [7, 11) is 1.68. The lowest BCUT2D eigenvalue weighted by molar-refractivity contribution is 0.272. The fourth-order valence-electron chi connectivity index (χ4n) is 2.37. The van der Waals surface area contributed by atoms with Crippen molar-refractivity contribution in [2.75, 3.05) is 13.7 Å². The minimum atomic E-state index is 0.219. The first-order valence-corrected chi connectivity index (χ1v) is 8.53. The second-order valence-corrected chi connectivity index (χ2v) is 6.40. The molecule has 2 aromatic rings. The first kappa shape index (κ1) is 18.3. The van der Waals surface area contributed by atoms with Gasteiger partial charge in [-0.2, -0.15) is 0 Å². The van der Waals surface area contributed by atoms with Gasteiger partial charge in [0.1, 0.15) is 0 Å². The number of ether oxygens (including phenoxy) is 2. The first-order valence-electron chi connectivity index (χ1n) is 8.53. The summed E-state index contributed by atoms with van der Waals surface area (Å²) in [6.45, 7) is 8.05. The molecule has 24 heavy (non-hydrogen) atoms. The maximum atomic E-state index is 5.85. The third-order valence-corrected chi connectivity index (χ3v) is 4.00. The Balaban J connectivity index is 1.97. The Morgan fingerprint density at radius 3 is 2.46 bits per heavy atom. The van der Waals surface area contributed by atoms with Gasteiger partial charge in [0.25, 0.3) is 0 Å². The summed E-state index contributed by atoms with van der Waals surface area (Å²) in [6, 6.07) is 10.4. The van der Waals surface area contributed by atoms with Gasteiger partial charge in [-0.25, -0.2) is 0 Å². The third kappa shape index (κ3) is 5.53. The molecule has 0 bridgehead atoms. The maximum Gasteiger partial charge on any atom is 0.161 e. The summed E-state index contributed by atoms with van der Waals surface area (Å²) < 4.78 is 11.3. The van der Waals surface area contributed by atoms with Gasteiger partial charge in [0, 0.05) is 25.0 Å². The zero-order chi connectivity index (χ0) is 17.4. The van der Waals surface area contributed by atoms with Crippen LogP contribution >= 0.6 is 0 Å². The molecule has 0 fully saturated rings. The maximum absolute atomic E-state index is 5.85. The van der Waals surface area contributed by atoms with E-state index in [1.54, 1.807) is 7.11 Å². The van der Waals surface area contributed by atoms with Gasteiger partial charge in [0.05, 0.1) is 13.7 Å². The van der Waals surface area contributed by atoms with Crippen LogP contribution in [-0.4, -0.2) is 18.7 Å². The highest BCUT2D eigenvalue weighted by Gasteiger charge is 2.11. The van der Waals surface area contributed by atoms with Gasteiger partial charge >= 0.3 is 0 Å². The molecule has 0 saturated heterocycles. The molecule has 0 aliphatic heterocycles. The normalized spacial score (nSPS) is 12.2. The number of hydrogen-bond donors (Lipinski definition) is 1. The lowest BCUT2D eigenvalue weighted by atomic mass is 10.1. The number of pyridine rings is 1.